The second kappa shape index (κ2) is 22.7. The van der Waals surface area contributed by atoms with Crippen molar-refractivity contribution in [3.8, 4) is 0 Å². The summed E-state index contributed by atoms with van der Waals surface area (Å²) in [6.07, 6.45) is 16.1. The van der Waals surface area contributed by atoms with Crippen molar-refractivity contribution in [2.75, 3.05) is 26.2 Å². The van der Waals surface area contributed by atoms with Gasteiger partial charge in [-0.1, -0.05) is 105 Å². The van der Waals surface area contributed by atoms with Crippen LogP contribution >= 0.6 is 0 Å². The second-order valence-electron chi connectivity index (χ2n) is 11.4. The summed E-state index contributed by atoms with van der Waals surface area (Å²) in [5, 5.41) is 5.81. The first kappa shape index (κ1) is 37.1. The number of hydrogen-bond acceptors (Lipinski definition) is 4. The van der Waals surface area contributed by atoms with Gasteiger partial charge in [0.25, 0.3) is 17.7 Å². The van der Waals surface area contributed by atoms with E-state index in [4.69, 9.17) is 5.73 Å². The van der Waals surface area contributed by atoms with E-state index in [9.17, 15) is 19.2 Å². The monoisotopic (exact) mass is 586 g/mol. The van der Waals surface area contributed by atoms with Crippen molar-refractivity contribution in [1.82, 2.24) is 15.5 Å². The number of nitrogens with one attached hydrogen (secondary N) is 2. The first-order valence-electron chi connectivity index (χ1n) is 16.7. The third kappa shape index (κ3) is 13.8. The van der Waals surface area contributed by atoms with Gasteiger partial charge < -0.3 is 21.3 Å². The van der Waals surface area contributed by atoms with Gasteiger partial charge in [-0.25, -0.2) is 0 Å². The van der Waals surface area contributed by atoms with E-state index in [0.717, 1.165) is 103 Å². The highest BCUT2D eigenvalue weighted by Crippen LogP contribution is 2.21. The third-order valence-corrected chi connectivity index (χ3v) is 7.62. The number of nitrogens with two attached hydrogens (primary N) is 1. The lowest BCUT2D eigenvalue weighted by molar-refractivity contribution is 0.0743. The number of primary amides is 1. The molecule has 42 heavy (non-hydrogen) atoms. The Hall–Kier alpha value is -2.90. The number of carbonyl (C=O) groups is 4. The molecule has 0 bridgehead atoms. The van der Waals surface area contributed by atoms with Crippen LogP contribution in [0.4, 0.5) is 0 Å². The van der Waals surface area contributed by atoms with Crippen LogP contribution < -0.4 is 16.4 Å². The van der Waals surface area contributed by atoms with E-state index in [1.807, 2.05) is 0 Å². The summed E-state index contributed by atoms with van der Waals surface area (Å²) in [5.41, 5.74) is 6.00. The first-order valence-corrected chi connectivity index (χ1v) is 16.7. The predicted octanol–water partition coefficient (Wildman–Crippen LogP) is 7.01. The maximum absolute atomic E-state index is 13.9. The fourth-order valence-corrected chi connectivity index (χ4v) is 5.00. The Kier molecular flexibility index (Phi) is 20.0. The fraction of sp³-hybridized carbons (Fsp3) is 0.706. The van der Waals surface area contributed by atoms with Gasteiger partial charge in [0.15, 0.2) is 0 Å². The van der Waals surface area contributed by atoms with E-state index in [2.05, 4.69) is 38.3 Å². The summed E-state index contributed by atoms with van der Waals surface area (Å²) < 4.78 is 0. The lowest BCUT2D eigenvalue weighted by Crippen LogP contribution is -2.36. The van der Waals surface area contributed by atoms with Crippen molar-refractivity contribution in [2.45, 2.75) is 130 Å². The van der Waals surface area contributed by atoms with Gasteiger partial charge >= 0.3 is 0 Å². The number of nitrogens with zero attached hydrogens (tertiary/aromatic N) is 1. The number of amides is 4. The van der Waals surface area contributed by atoms with Gasteiger partial charge in [-0.15, -0.1) is 0 Å². The molecule has 0 aromatic heterocycles. The van der Waals surface area contributed by atoms with E-state index in [1.54, 1.807) is 4.90 Å². The largest absolute Gasteiger partial charge is 0.366 e. The van der Waals surface area contributed by atoms with Crippen LogP contribution in [-0.4, -0.2) is 54.7 Å². The smallest absolute Gasteiger partial charge is 0.254 e. The van der Waals surface area contributed by atoms with Gasteiger partial charge in [-0.05, 0) is 37.8 Å². The van der Waals surface area contributed by atoms with E-state index < -0.39 is 17.7 Å². The first-order chi connectivity index (χ1) is 20.3. The molecule has 0 radical (unpaired) electrons. The third-order valence-electron chi connectivity index (χ3n) is 7.62. The molecule has 0 saturated heterocycles. The Morgan fingerprint density at radius 1 is 0.548 bits per heavy atom. The molecule has 0 fully saturated rings. The molecule has 0 spiro atoms. The maximum Gasteiger partial charge on any atom is 0.254 e. The molecule has 8 heteroatoms. The SMILES string of the molecule is CCCCCCNC(=O)c1cc(C(N)=O)c(C(=O)N(CCCCCC)CCCCCC)cc1C(=O)NCCCCCC. The lowest BCUT2D eigenvalue weighted by atomic mass is 9.95. The summed E-state index contributed by atoms with van der Waals surface area (Å²) >= 11 is 0. The highest BCUT2D eigenvalue weighted by Gasteiger charge is 2.27. The minimum atomic E-state index is -0.793. The Morgan fingerprint density at radius 3 is 1.31 bits per heavy atom. The molecule has 0 heterocycles. The van der Waals surface area contributed by atoms with Crippen LogP contribution in [0.3, 0.4) is 0 Å². The van der Waals surface area contributed by atoms with Crippen LogP contribution in [0.5, 0.6) is 0 Å². The Morgan fingerprint density at radius 2 is 0.929 bits per heavy atom. The summed E-state index contributed by atoms with van der Waals surface area (Å²) in [7, 11) is 0. The molecule has 0 unspecified atom stereocenters. The summed E-state index contributed by atoms with van der Waals surface area (Å²) in [6.45, 7) is 10.6. The Balaban J connectivity index is 3.40. The summed E-state index contributed by atoms with van der Waals surface area (Å²) in [5.74, 6) is -1.98. The molecule has 0 aliphatic rings. The molecule has 8 nitrogen and oxygen atoms in total. The highest BCUT2D eigenvalue weighted by molar-refractivity contribution is 6.13. The zero-order valence-corrected chi connectivity index (χ0v) is 27.0. The average molecular weight is 587 g/mol. The molecule has 0 aliphatic carbocycles. The summed E-state index contributed by atoms with van der Waals surface area (Å²) in [6, 6.07) is 2.76. The Labute approximate surface area is 254 Å². The van der Waals surface area contributed by atoms with E-state index in [0.29, 0.717) is 26.2 Å². The van der Waals surface area contributed by atoms with Crippen LogP contribution in [0.25, 0.3) is 0 Å². The van der Waals surface area contributed by atoms with Crippen molar-refractivity contribution in [1.29, 1.82) is 0 Å². The minimum absolute atomic E-state index is 0.0252. The number of benzene rings is 1. The molecule has 1 rings (SSSR count). The topological polar surface area (TPSA) is 122 Å². The molecule has 0 aliphatic heterocycles. The van der Waals surface area contributed by atoms with Gasteiger partial charge in [0.1, 0.15) is 0 Å². The molecule has 1 aromatic rings. The van der Waals surface area contributed by atoms with Crippen LogP contribution in [0.15, 0.2) is 12.1 Å². The van der Waals surface area contributed by atoms with Crippen molar-refractivity contribution >= 4 is 23.6 Å². The quantitative estimate of drug-likeness (QED) is 0.113. The fourth-order valence-electron chi connectivity index (χ4n) is 5.00. The molecule has 1 aromatic carbocycles. The van der Waals surface area contributed by atoms with Crippen molar-refractivity contribution < 1.29 is 19.2 Å². The highest BCUT2D eigenvalue weighted by atomic mass is 16.2. The van der Waals surface area contributed by atoms with Crippen molar-refractivity contribution in [3.63, 3.8) is 0 Å². The van der Waals surface area contributed by atoms with Gasteiger partial charge in [0.2, 0.25) is 5.91 Å². The lowest BCUT2D eigenvalue weighted by Gasteiger charge is -2.24. The zero-order chi connectivity index (χ0) is 31.2. The number of carbonyl (C=O) groups excluding carboxylic acids is 4. The number of hydrogen-bond donors (Lipinski definition) is 3. The molecule has 4 N–H and O–H groups in total. The van der Waals surface area contributed by atoms with Crippen molar-refractivity contribution in [2.24, 2.45) is 5.73 Å². The second-order valence-corrected chi connectivity index (χ2v) is 11.4. The van der Waals surface area contributed by atoms with Gasteiger partial charge in [-0.2, -0.15) is 0 Å². The Bertz CT molecular complexity index is 951. The molecule has 0 saturated carbocycles. The van der Waals surface area contributed by atoms with E-state index in [-0.39, 0.29) is 28.2 Å². The maximum atomic E-state index is 13.9. The van der Waals surface area contributed by atoms with Gasteiger partial charge in [0.05, 0.1) is 22.3 Å². The molecule has 0 atom stereocenters. The minimum Gasteiger partial charge on any atom is -0.366 e. The van der Waals surface area contributed by atoms with Crippen LogP contribution in [0.1, 0.15) is 172 Å². The van der Waals surface area contributed by atoms with Crippen LogP contribution in [-0.2, 0) is 0 Å². The van der Waals surface area contributed by atoms with Crippen molar-refractivity contribution in [3.05, 3.63) is 34.4 Å². The molecule has 4 amide bonds. The number of rotatable bonds is 24. The average Bonchev–Trinajstić information content (AvgIpc) is 2.98. The normalized spacial score (nSPS) is 10.9. The summed E-state index contributed by atoms with van der Waals surface area (Å²) in [4.78, 5) is 55.0. The molecule has 238 valence electrons. The van der Waals surface area contributed by atoms with Gasteiger partial charge in [0, 0.05) is 26.2 Å². The van der Waals surface area contributed by atoms with Gasteiger partial charge in [-0.3, -0.25) is 19.2 Å². The van der Waals surface area contributed by atoms with E-state index >= 15 is 0 Å². The predicted molar refractivity (Wildman–Crippen MR) is 172 cm³/mol. The van der Waals surface area contributed by atoms with Crippen LogP contribution in [0.2, 0.25) is 0 Å². The standard InChI is InChI=1S/C34H58N4O4/c1-5-9-13-17-21-36-32(40)28-25-27(31(35)39)30(26-29(28)33(41)37-22-18-14-10-6-2)34(42)38(23-19-15-11-7-3)24-20-16-12-8-4/h25-26H,5-24H2,1-4H3,(H2,35,39)(H,36,40)(H,37,41). The molecular formula is C34H58N4O4. The van der Waals surface area contributed by atoms with E-state index in [1.165, 1.54) is 12.1 Å². The molecular weight excluding hydrogens is 528 g/mol. The number of unbranched alkanes of at least 4 members (excludes halogenated alkanes) is 12. The zero-order valence-electron chi connectivity index (χ0n) is 27.0. The van der Waals surface area contributed by atoms with Crippen LogP contribution in [0, 0.1) is 0 Å².